The molecule has 8 rings (SSSR count). The summed E-state index contributed by atoms with van der Waals surface area (Å²) in [6.45, 7) is 0. The molecule has 3 heteroatoms. The molecule has 3 nitrogen and oxygen atoms in total. The van der Waals surface area contributed by atoms with Crippen LogP contribution in [0.1, 0.15) is 238 Å². The molecule has 0 atom stereocenters. The van der Waals surface area contributed by atoms with Gasteiger partial charge in [0.05, 0.1) is 0 Å². The average Bonchev–Trinajstić information content (AvgIpc) is 3.22. The molecule has 0 amide bonds. The van der Waals surface area contributed by atoms with Gasteiger partial charge in [0.25, 0.3) is 0 Å². The molecule has 0 aromatic carbocycles. The summed E-state index contributed by atoms with van der Waals surface area (Å²) in [7, 11) is 0. The Bertz CT molecular complexity index is 862. The van der Waals surface area contributed by atoms with Gasteiger partial charge in [-0.25, -0.2) is 0 Å². The van der Waals surface area contributed by atoms with Crippen molar-refractivity contribution in [3.63, 3.8) is 0 Å². The molecule has 0 N–H and O–H groups in total. The zero-order valence-electron chi connectivity index (χ0n) is 33.9. The van der Waals surface area contributed by atoms with Gasteiger partial charge in [0, 0.05) is 54.4 Å². The summed E-state index contributed by atoms with van der Waals surface area (Å²) in [6.07, 6.45) is 56.1. The quantitative estimate of drug-likeness (QED) is 0.224. The van der Waals surface area contributed by atoms with Gasteiger partial charge in [-0.05, 0) is 140 Å². The molecule has 8 saturated carbocycles. The Labute approximate surface area is 317 Å². The first-order valence-corrected chi connectivity index (χ1v) is 24.6. The fourth-order valence-electron chi connectivity index (χ4n) is 15.0. The van der Waals surface area contributed by atoms with E-state index in [9.17, 15) is 0 Å². The third-order valence-electron chi connectivity index (χ3n) is 17.5. The van der Waals surface area contributed by atoms with Gasteiger partial charge in [0.2, 0.25) is 0 Å². The number of rotatable bonds is 10. The fourth-order valence-corrected chi connectivity index (χ4v) is 15.0. The van der Waals surface area contributed by atoms with Crippen molar-refractivity contribution in [1.29, 1.82) is 0 Å². The van der Waals surface area contributed by atoms with Crippen molar-refractivity contribution in [1.82, 2.24) is 14.7 Å². The Kier molecular flexibility index (Phi) is 14.2. The second-order valence-corrected chi connectivity index (χ2v) is 20.4. The van der Waals surface area contributed by atoms with Gasteiger partial charge >= 0.3 is 0 Å². The molecule has 0 unspecified atom stereocenters. The van der Waals surface area contributed by atoms with Crippen LogP contribution < -0.4 is 0 Å². The van der Waals surface area contributed by atoms with Crippen LogP contribution in [-0.4, -0.2) is 69.1 Å². The maximum atomic E-state index is 3.35. The molecule has 0 spiro atoms. The maximum absolute atomic E-state index is 3.35. The van der Waals surface area contributed by atoms with E-state index < -0.39 is 0 Å². The molecule has 8 aliphatic carbocycles. The summed E-state index contributed by atoms with van der Waals surface area (Å²) in [5.41, 5.74) is 0. The number of hydrogen-bond acceptors (Lipinski definition) is 3. The number of nitrogens with zero attached hydrogens (tertiary/aromatic N) is 3. The Morgan fingerprint density at radius 1 is 0.157 bits per heavy atom. The van der Waals surface area contributed by atoms with E-state index in [1.807, 2.05) is 0 Å². The predicted octanol–water partition coefficient (Wildman–Crippen LogP) is 13.0. The van der Waals surface area contributed by atoms with Crippen LogP contribution in [0.15, 0.2) is 0 Å². The standard InChI is InChI=1S/C48H85N3/c1-6-16-38(17-7-1)39-26-28-44(29-27-39)51(47-34-30-45(31-35-47)49(40-18-8-2-9-19-40)41-20-10-3-11-21-41)48-36-32-46(33-37-48)50(42-22-12-4-13-23-42)43-24-14-5-15-25-43/h38-48H,1-37H2. The van der Waals surface area contributed by atoms with Crippen LogP contribution in [0.4, 0.5) is 0 Å². The van der Waals surface area contributed by atoms with E-state index in [4.69, 9.17) is 0 Å². The van der Waals surface area contributed by atoms with Crippen molar-refractivity contribution in [2.45, 2.75) is 292 Å². The van der Waals surface area contributed by atoms with Crippen LogP contribution in [0.3, 0.4) is 0 Å². The summed E-state index contributed by atoms with van der Waals surface area (Å²) in [5, 5.41) is 0. The second-order valence-electron chi connectivity index (χ2n) is 20.4. The summed E-state index contributed by atoms with van der Waals surface area (Å²) in [5.74, 6) is 2.14. The smallest absolute Gasteiger partial charge is 0.0102 e. The summed E-state index contributed by atoms with van der Waals surface area (Å²) < 4.78 is 0. The van der Waals surface area contributed by atoms with Gasteiger partial charge in [-0.3, -0.25) is 14.7 Å². The molecule has 0 heterocycles. The molecule has 0 aromatic rings. The summed E-state index contributed by atoms with van der Waals surface area (Å²) >= 11 is 0. The molecule has 0 aromatic heterocycles. The Hall–Kier alpha value is -0.120. The van der Waals surface area contributed by atoms with E-state index in [1.165, 1.54) is 212 Å². The maximum Gasteiger partial charge on any atom is 0.0102 e. The predicted molar refractivity (Wildman–Crippen MR) is 217 cm³/mol. The Balaban J connectivity index is 0.948. The van der Waals surface area contributed by atoms with E-state index in [0.717, 1.165) is 66.2 Å². The van der Waals surface area contributed by atoms with Crippen molar-refractivity contribution < 1.29 is 0 Å². The van der Waals surface area contributed by atoms with Crippen LogP contribution in [0.5, 0.6) is 0 Å². The number of hydrogen-bond donors (Lipinski definition) is 0. The average molecular weight is 704 g/mol. The van der Waals surface area contributed by atoms with Gasteiger partial charge in [-0.2, -0.15) is 0 Å². The molecule has 0 radical (unpaired) electrons. The SMILES string of the molecule is C1CCC(C2CCC(N(C3CCC(N(C4CCCCC4)C4CCCCC4)CC3)C3CCC(N(C4CCCCC4)C4CCCCC4)CC3)CC2)CC1. The molecular weight excluding hydrogens is 619 g/mol. The molecule has 0 bridgehead atoms. The topological polar surface area (TPSA) is 9.72 Å². The first kappa shape index (κ1) is 37.8. The molecule has 8 fully saturated rings. The molecule has 51 heavy (non-hydrogen) atoms. The minimum Gasteiger partial charge on any atom is -0.294 e. The van der Waals surface area contributed by atoms with Gasteiger partial charge in [0.15, 0.2) is 0 Å². The minimum atomic E-state index is 0.881. The van der Waals surface area contributed by atoms with Crippen molar-refractivity contribution >= 4 is 0 Å². The monoisotopic (exact) mass is 704 g/mol. The second kappa shape index (κ2) is 19.2. The zero-order valence-corrected chi connectivity index (χ0v) is 33.9. The minimum absolute atomic E-state index is 0.881. The van der Waals surface area contributed by atoms with E-state index in [-0.39, 0.29) is 0 Å². The molecule has 292 valence electrons. The largest absolute Gasteiger partial charge is 0.294 e. The van der Waals surface area contributed by atoms with Crippen LogP contribution in [0, 0.1) is 11.8 Å². The highest BCUT2D eigenvalue weighted by Gasteiger charge is 2.43. The lowest BCUT2D eigenvalue weighted by molar-refractivity contribution is -0.0369. The van der Waals surface area contributed by atoms with E-state index in [0.29, 0.717) is 0 Å². The van der Waals surface area contributed by atoms with Crippen molar-refractivity contribution in [2.24, 2.45) is 11.8 Å². The lowest BCUT2D eigenvalue weighted by Gasteiger charge is -2.54. The molecular formula is C48H85N3. The first-order valence-electron chi connectivity index (χ1n) is 24.6. The first-order chi connectivity index (χ1) is 25.3. The van der Waals surface area contributed by atoms with Crippen molar-refractivity contribution in [3.8, 4) is 0 Å². The van der Waals surface area contributed by atoms with E-state index >= 15 is 0 Å². The fraction of sp³-hybridized carbons (Fsp3) is 1.00. The van der Waals surface area contributed by atoms with E-state index in [1.54, 1.807) is 25.7 Å². The van der Waals surface area contributed by atoms with Gasteiger partial charge in [0.1, 0.15) is 0 Å². The lowest BCUT2D eigenvalue weighted by atomic mass is 9.71. The highest BCUT2D eigenvalue weighted by Crippen LogP contribution is 2.45. The lowest BCUT2D eigenvalue weighted by Crippen LogP contribution is -2.58. The van der Waals surface area contributed by atoms with Gasteiger partial charge in [-0.15, -0.1) is 0 Å². The highest BCUT2D eigenvalue weighted by molar-refractivity contribution is 4.99. The van der Waals surface area contributed by atoms with Gasteiger partial charge < -0.3 is 0 Å². The van der Waals surface area contributed by atoms with Gasteiger partial charge in [-0.1, -0.05) is 109 Å². The third kappa shape index (κ3) is 9.47. The molecule has 8 aliphatic rings. The third-order valence-corrected chi connectivity index (χ3v) is 17.5. The summed E-state index contributed by atoms with van der Waals surface area (Å²) in [6, 6.07) is 8.12. The van der Waals surface area contributed by atoms with Crippen LogP contribution in [0.25, 0.3) is 0 Å². The van der Waals surface area contributed by atoms with Crippen molar-refractivity contribution in [2.75, 3.05) is 0 Å². The molecule has 0 aliphatic heterocycles. The Morgan fingerprint density at radius 2 is 0.333 bits per heavy atom. The molecule has 0 saturated heterocycles. The van der Waals surface area contributed by atoms with Crippen LogP contribution in [0.2, 0.25) is 0 Å². The van der Waals surface area contributed by atoms with Crippen LogP contribution in [-0.2, 0) is 0 Å². The Morgan fingerprint density at radius 3 is 0.588 bits per heavy atom. The van der Waals surface area contributed by atoms with E-state index in [2.05, 4.69) is 14.7 Å². The zero-order chi connectivity index (χ0) is 34.2. The van der Waals surface area contributed by atoms with Crippen LogP contribution >= 0.6 is 0 Å². The normalized spacial score (nSPS) is 37.0. The van der Waals surface area contributed by atoms with Crippen molar-refractivity contribution in [3.05, 3.63) is 0 Å². The highest BCUT2D eigenvalue weighted by atomic mass is 15.3. The summed E-state index contributed by atoms with van der Waals surface area (Å²) in [4.78, 5) is 9.83.